The highest BCUT2D eigenvalue weighted by Gasteiger charge is 2.49. The van der Waals surface area contributed by atoms with Crippen LogP contribution in [-0.2, 0) is 97.6 Å². The fourth-order valence-corrected chi connectivity index (χ4v) is 12.3. The first-order chi connectivity index (χ1) is 42.2. The zero-order chi connectivity index (χ0) is 69.7. The van der Waals surface area contributed by atoms with Crippen LogP contribution in [0.4, 0.5) is 16.1 Å². The SMILES string of the molecule is Br.C.CCCC[N+]1=C(/C=C/C2=CC(=C/C=C3/N(CCCS(=O)(=O)O)c4ccc(S(=O)(=O)N(C)CCCC(=O)NCCS(=O)(=O)O)cc4C3(C)C)/CC(C(=O)NCC)(C(=O)NCCCCCC(=O)O)C2)C(C)(C)c2ccccc21.Cl.F.I.O=CO.O=S(=O)=O.O=S(=O)=O.O=S([O-])O.[HH]. The van der Waals surface area contributed by atoms with Crippen LogP contribution in [0.5, 0.6) is 0 Å². The Balaban J connectivity index is -0.000000894. The number of anilines is 1. The van der Waals surface area contributed by atoms with Crippen molar-refractivity contribution < 1.29 is 118 Å². The van der Waals surface area contributed by atoms with Gasteiger partial charge < -0.3 is 40.2 Å². The minimum Gasteiger partial charge on any atom is -0.750 e. The Labute approximate surface area is 601 Å². The second-order valence-electron chi connectivity index (χ2n) is 21.5. The lowest BCUT2D eigenvalue weighted by molar-refractivity contribution is -0.438. The Morgan fingerprint density at radius 3 is 1.84 bits per heavy atom. The quantitative estimate of drug-likeness (QED) is 0.00921. The van der Waals surface area contributed by atoms with Crippen LogP contribution in [0.2, 0.25) is 0 Å². The number of allylic oxidation sites excluding steroid dienone is 8. The van der Waals surface area contributed by atoms with Crippen molar-refractivity contribution in [3.8, 4) is 0 Å². The molecule has 2 aliphatic heterocycles. The largest absolute Gasteiger partial charge is 0.750 e. The fourth-order valence-electron chi connectivity index (χ4n) is 10.2. The lowest BCUT2D eigenvalue weighted by atomic mass is 9.70. The number of hydrogen-bond acceptors (Lipinski definition) is 20. The molecule has 3 amide bonds. The van der Waals surface area contributed by atoms with Crippen molar-refractivity contribution >= 4 is 163 Å². The van der Waals surface area contributed by atoms with E-state index in [0.29, 0.717) is 47.4 Å². The smallest absolute Gasteiger partial charge is 0.425 e. The van der Waals surface area contributed by atoms with E-state index in [0.717, 1.165) is 35.1 Å². The van der Waals surface area contributed by atoms with Gasteiger partial charge in [-0.2, -0.15) is 21.4 Å². The van der Waals surface area contributed by atoms with Crippen LogP contribution >= 0.6 is 53.4 Å². The highest BCUT2D eigenvalue weighted by atomic mass is 127. The number of amides is 3. The number of fused-ring (bicyclic) bond motifs is 2. The second kappa shape index (κ2) is 46.9. The van der Waals surface area contributed by atoms with Gasteiger partial charge >= 0.3 is 27.2 Å². The maximum atomic E-state index is 14.7. The number of carboxylic acids is 1. The summed E-state index contributed by atoms with van der Waals surface area (Å²) >= 11 is -2.86. The van der Waals surface area contributed by atoms with Crippen LogP contribution in [0.3, 0.4) is 0 Å². The number of unbranched alkanes of at least 4 members (excludes halogenated alkanes) is 3. The van der Waals surface area contributed by atoms with Gasteiger partial charge in [0.1, 0.15) is 12.0 Å². The third-order valence-corrected chi connectivity index (χ3v) is 17.7. The fraction of sp³-hybridized carbons (Fsp3) is 0.536. The number of aliphatic carboxylic acids is 1. The lowest BCUT2D eigenvalue weighted by Gasteiger charge is -2.35. The molecule has 30 nitrogen and oxygen atoms in total. The molecule has 2 aromatic carbocycles. The predicted molar refractivity (Wildman–Crippen MR) is 377 cm³/mol. The Morgan fingerprint density at radius 1 is 0.760 bits per heavy atom. The van der Waals surface area contributed by atoms with E-state index in [-0.39, 0.29) is 155 Å². The predicted octanol–water partition coefficient (Wildman–Crippen LogP) is 6.00. The van der Waals surface area contributed by atoms with Crippen LogP contribution < -0.4 is 20.9 Å². The first kappa shape index (κ1) is 99.4. The number of carbonyl (C=O) groups excluding carboxylic acids is 3. The highest BCUT2D eigenvalue weighted by Crippen LogP contribution is 2.49. The van der Waals surface area contributed by atoms with Crippen molar-refractivity contribution in [2.24, 2.45) is 5.41 Å². The van der Waals surface area contributed by atoms with Crippen molar-refractivity contribution in [3.63, 3.8) is 0 Å². The van der Waals surface area contributed by atoms with Gasteiger partial charge in [0.25, 0.3) is 26.7 Å². The van der Waals surface area contributed by atoms with E-state index >= 15 is 0 Å². The van der Waals surface area contributed by atoms with Crippen molar-refractivity contribution in [1.29, 1.82) is 0 Å². The van der Waals surface area contributed by atoms with E-state index in [1.807, 2.05) is 55.2 Å². The zero-order valence-electron chi connectivity index (χ0n) is 52.9. The highest BCUT2D eigenvalue weighted by molar-refractivity contribution is 14.0. The molecule has 0 saturated heterocycles. The molecule has 96 heavy (non-hydrogen) atoms. The minimum absolute atomic E-state index is 0. The molecule has 552 valence electrons. The summed E-state index contributed by atoms with van der Waals surface area (Å²) in [7, 11) is -17.6. The van der Waals surface area contributed by atoms with Crippen molar-refractivity contribution in [2.45, 2.75) is 135 Å². The summed E-state index contributed by atoms with van der Waals surface area (Å²) in [5.74, 6) is -3.54. The molecular formula is C56H90BrClFIN6O24S6. The first-order valence-electron chi connectivity index (χ1n) is 28.0. The molecule has 1 aliphatic carbocycles. The number of nitrogens with zero attached hydrogens (tertiary/aromatic N) is 3. The van der Waals surface area contributed by atoms with Crippen LogP contribution in [0.25, 0.3) is 0 Å². The van der Waals surface area contributed by atoms with E-state index in [1.54, 1.807) is 19.1 Å². The molecule has 0 bridgehead atoms. The van der Waals surface area contributed by atoms with Gasteiger partial charge in [0.15, 0.2) is 5.71 Å². The number of hydrogen-bond donors (Lipinski definition) is 8. The molecule has 2 atom stereocenters. The van der Waals surface area contributed by atoms with Crippen LogP contribution in [-0.4, -0.2) is 186 Å². The van der Waals surface area contributed by atoms with Crippen LogP contribution in [0.15, 0.2) is 94.6 Å². The second-order valence-corrected chi connectivity index (χ2v) is 28.0. The number of carboxylic acid groups (broad SMARTS) is 2. The van der Waals surface area contributed by atoms with Crippen molar-refractivity contribution in [2.75, 3.05) is 62.7 Å². The van der Waals surface area contributed by atoms with E-state index in [1.165, 1.54) is 18.7 Å². The lowest BCUT2D eigenvalue weighted by Crippen LogP contribution is -2.52. The van der Waals surface area contributed by atoms with E-state index in [2.05, 4.69) is 59.5 Å². The van der Waals surface area contributed by atoms with Gasteiger partial charge in [-0.3, -0.25) is 37.8 Å². The van der Waals surface area contributed by atoms with Gasteiger partial charge in [-0.1, -0.05) is 77.5 Å². The van der Waals surface area contributed by atoms with E-state index < -0.39 is 109 Å². The van der Waals surface area contributed by atoms with Crippen LogP contribution in [0, 0.1) is 5.41 Å². The number of rotatable bonds is 28. The van der Waals surface area contributed by atoms with Gasteiger partial charge in [-0.25, -0.2) is 16.9 Å². The molecular weight excluding hydrogens is 1590 g/mol. The van der Waals surface area contributed by atoms with Crippen molar-refractivity contribution in [1.82, 2.24) is 20.3 Å². The molecule has 2 heterocycles. The van der Waals surface area contributed by atoms with Gasteiger partial charge in [0.2, 0.25) is 33.4 Å². The maximum absolute atomic E-state index is 14.7. The zero-order valence-corrected chi connectivity index (χ0v) is 62.6. The molecule has 0 aromatic heterocycles. The average Bonchev–Trinajstić information content (AvgIpc) is 1.62. The third-order valence-electron chi connectivity index (χ3n) is 14.3. The summed E-state index contributed by atoms with van der Waals surface area (Å²) < 4.78 is 171. The van der Waals surface area contributed by atoms with Gasteiger partial charge in [-0.05, 0) is 100 Å². The molecule has 2 aromatic rings. The Morgan fingerprint density at radius 2 is 1.31 bits per heavy atom. The average molecular weight is 1690 g/mol. The molecule has 3 aliphatic rings. The van der Waals surface area contributed by atoms with Crippen LogP contribution in [0.1, 0.15) is 132 Å². The summed E-state index contributed by atoms with van der Waals surface area (Å²) in [6, 6.07) is 13.0. The normalized spacial score (nSPS) is 16.5. The molecule has 0 radical (unpaired) electrons. The Kier molecular flexibility index (Phi) is 48.5. The molecule has 5 rings (SSSR count). The number of sulfonamides is 1. The summed E-state index contributed by atoms with van der Waals surface area (Å²) in [4.78, 5) is 62.8. The molecule has 0 spiro atoms. The molecule has 2 unspecified atom stereocenters. The van der Waals surface area contributed by atoms with E-state index in [9.17, 15) is 49.0 Å². The number of halogens is 4. The number of benzene rings is 2. The van der Waals surface area contributed by atoms with Crippen molar-refractivity contribution in [3.05, 3.63) is 101 Å². The number of para-hydroxylation sites is 1. The number of carbonyl (C=O) groups is 5. The summed E-state index contributed by atoms with van der Waals surface area (Å²) in [5.41, 5.74) is 3.65. The monoisotopic (exact) mass is 1680 g/mol. The molecule has 8 N–H and O–H groups in total. The standard InChI is InChI=1S/C54H76N6O13S3.CH2O2.CH4.BrH.ClH.FH.HI.H2O3S.2O3S.H2/c1-8-10-31-59-44-19-14-13-18-42(44)52(3,4)46(59)26-22-39-35-40(38-54(37-39,50(64)55-9-2)51(65)57-28-15-11-12-21-49(62)63)23-27-47-53(5,6)43-36-41(24-25-45(43)60(47)32-17-33-74(66,67)68)76(72,73)58(7)30-16-20-48(61)56-29-34-75(69,70)71;2-1-3;;;;;;3*1-4(2)3;/h13-14,18-19,22-27,35-36H,8-12,15-17,20-21,28-34,37-38H2,1-7H3,(H5-,55,56,57,61,62,63,64,65,66,67,68,69,70,71);1H,(H,2,3);1H4;4*1H;(H2,1,2,3);;;1H. The minimum atomic E-state index is -4.35. The Hall–Kier alpha value is -5.31. The first-order valence-corrected chi connectivity index (χ1v) is 35.7. The summed E-state index contributed by atoms with van der Waals surface area (Å²) in [6.07, 6.45) is 13.2. The summed E-state index contributed by atoms with van der Waals surface area (Å²) in [6.45, 7) is 12.9. The molecule has 40 heteroatoms. The van der Waals surface area contributed by atoms with E-state index in [4.69, 9.17) is 58.1 Å². The van der Waals surface area contributed by atoms with Gasteiger partial charge in [-0.15, -0.1) is 78.6 Å². The van der Waals surface area contributed by atoms with Gasteiger partial charge in [0, 0.05) is 95.0 Å². The third kappa shape index (κ3) is 33.5. The molecule has 0 saturated carbocycles. The number of nitrogens with one attached hydrogen (secondary N) is 3. The maximum Gasteiger partial charge on any atom is 0.425 e. The molecule has 0 fully saturated rings. The van der Waals surface area contributed by atoms with Gasteiger partial charge in [0.05, 0.1) is 33.2 Å². The topological polar surface area (TPSA) is 477 Å². The summed E-state index contributed by atoms with van der Waals surface area (Å²) in [5, 5.41) is 24.3. The Bertz CT molecular complexity index is 3680.